The molecule has 1 aliphatic rings. The zero-order valence-electron chi connectivity index (χ0n) is 10.2. The monoisotopic (exact) mass is 254 g/mol. The average Bonchev–Trinajstić information content (AvgIpc) is 2.29. The molecule has 0 saturated carbocycles. The summed E-state index contributed by atoms with van der Waals surface area (Å²) in [5, 5.41) is 0. The highest BCUT2D eigenvalue weighted by atomic mass is 32.2. The van der Waals surface area contributed by atoms with E-state index in [2.05, 4.69) is 21.8 Å². The second-order valence-electron chi connectivity index (χ2n) is 4.12. The van der Waals surface area contributed by atoms with Crippen LogP contribution in [0.2, 0.25) is 0 Å². The van der Waals surface area contributed by atoms with Gasteiger partial charge in [0.1, 0.15) is 18.2 Å². The average molecular weight is 254 g/mol. The molecule has 0 bridgehead atoms. The van der Waals surface area contributed by atoms with Crippen LogP contribution in [0.25, 0.3) is 0 Å². The summed E-state index contributed by atoms with van der Waals surface area (Å²) in [5.41, 5.74) is 5.80. The van der Waals surface area contributed by atoms with E-state index in [1.165, 1.54) is 0 Å². The van der Waals surface area contributed by atoms with Gasteiger partial charge in [-0.15, -0.1) is 0 Å². The van der Waals surface area contributed by atoms with Gasteiger partial charge in [-0.1, -0.05) is 0 Å². The molecule has 1 aromatic heterocycles. The Balaban J connectivity index is 2.24. The number of hydrogen-bond donors (Lipinski definition) is 1. The zero-order chi connectivity index (χ0) is 12.3. The van der Waals surface area contributed by atoms with Crippen molar-refractivity contribution in [2.24, 2.45) is 0 Å². The van der Waals surface area contributed by atoms with Gasteiger partial charge in [0, 0.05) is 37.3 Å². The van der Waals surface area contributed by atoms with Gasteiger partial charge in [-0.2, -0.15) is 11.8 Å². The number of anilines is 2. The molecule has 1 saturated heterocycles. The number of nitrogens with zero attached hydrogens (tertiary/aromatic N) is 3. The lowest BCUT2D eigenvalue weighted by atomic mass is 10.3. The van der Waals surface area contributed by atoms with E-state index in [4.69, 9.17) is 10.5 Å². The maximum Gasteiger partial charge on any atom is 0.158 e. The van der Waals surface area contributed by atoms with E-state index in [9.17, 15) is 0 Å². The number of ether oxygens (including phenoxy) is 1. The first-order chi connectivity index (χ1) is 8.20. The van der Waals surface area contributed by atoms with Crippen LogP contribution >= 0.6 is 11.8 Å². The molecule has 0 amide bonds. The minimum atomic E-state index is 0.398. The van der Waals surface area contributed by atoms with Crippen molar-refractivity contribution in [2.75, 3.05) is 35.8 Å². The lowest BCUT2D eigenvalue weighted by Gasteiger charge is -2.34. The number of rotatable bonds is 3. The fourth-order valence-electron chi connectivity index (χ4n) is 1.91. The number of hydrogen-bond acceptors (Lipinski definition) is 6. The van der Waals surface area contributed by atoms with E-state index in [0.717, 1.165) is 23.9 Å². The van der Waals surface area contributed by atoms with E-state index in [1.807, 2.05) is 17.8 Å². The van der Waals surface area contributed by atoms with Gasteiger partial charge in [0.15, 0.2) is 5.82 Å². The van der Waals surface area contributed by atoms with Crippen LogP contribution < -0.4 is 10.6 Å². The Morgan fingerprint density at radius 3 is 3.12 bits per heavy atom. The van der Waals surface area contributed by atoms with E-state index >= 15 is 0 Å². The Morgan fingerprint density at radius 1 is 1.59 bits per heavy atom. The molecule has 0 radical (unpaired) electrons. The summed E-state index contributed by atoms with van der Waals surface area (Å²) in [6.45, 7) is 3.62. The summed E-state index contributed by atoms with van der Waals surface area (Å²) in [7, 11) is 1.63. The second kappa shape index (κ2) is 5.55. The minimum absolute atomic E-state index is 0.398. The van der Waals surface area contributed by atoms with Crippen molar-refractivity contribution in [3.8, 4) is 0 Å². The third-order valence-electron chi connectivity index (χ3n) is 2.71. The molecule has 1 aliphatic heterocycles. The van der Waals surface area contributed by atoms with Crippen LogP contribution in [0.1, 0.15) is 12.7 Å². The van der Waals surface area contributed by atoms with Gasteiger partial charge in [0.05, 0.1) is 0 Å². The molecule has 0 aromatic carbocycles. The number of nitrogen functional groups attached to an aromatic ring is 1. The quantitative estimate of drug-likeness (QED) is 0.873. The van der Waals surface area contributed by atoms with Gasteiger partial charge in [0.25, 0.3) is 0 Å². The predicted molar refractivity (Wildman–Crippen MR) is 71.3 cm³/mol. The van der Waals surface area contributed by atoms with Crippen molar-refractivity contribution in [3.63, 3.8) is 0 Å². The molecule has 17 heavy (non-hydrogen) atoms. The van der Waals surface area contributed by atoms with E-state index in [1.54, 1.807) is 7.11 Å². The number of methoxy groups -OCH3 is 1. The summed E-state index contributed by atoms with van der Waals surface area (Å²) in [6, 6.07) is 2.32. The normalized spacial score (nSPS) is 20.6. The van der Waals surface area contributed by atoms with Crippen LogP contribution in [0.4, 0.5) is 11.6 Å². The molecule has 1 aromatic rings. The minimum Gasteiger partial charge on any atom is -0.384 e. The van der Waals surface area contributed by atoms with Crippen LogP contribution in [-0.2, 0) is 11.3 Å². The van der Waals surface area contributed by atoms with Crippen LogP contribution in [0.3, 0.4) is 0 Å². The molecule has 0 aliphatic carbocycles. The number of aromatic nitrogens is 2. The fraction of sp³-hybridized carbons (Fsp3) is 0.636. The largest absolute Gasteiger partial charge is 0.384 e. The van der Waals surface area contributed by atoms with Crippen molar-refractivity contribution in [2.45, 2.75) is 19.6 Å². The fourth-order valence-corrected chi connectivity index (χ4v) is 2.92. The summed E-state index contributed by atoms with van der Waals surface area (Å²) in [5.74, 6) is 4.33. The summed E-state index contributed by atoms with van der Waals surface area (Å²) < 4.78 is 5.05. The van der Waals surface area contributed by atoms with Crippen molar-refractivity contribution in [1.29, 1.82) is 0 Å². The molecular formula is C11H18N4OS. The Hall–Kier alpha value is -1.01. The molecular weight excluding hydrogens is 236 g/mol. The Bertz CT molecular complexity index is 388. The highest BCUT2D eigenvalue weighted by molar-refractivity contribution is 7.99. The van der Waals surface area contributed by atoms with Crippen LogP contribution in [0.5, 0.6) is 0 Å². The van der Waals surface area contributed by atoms with E-state index in [0.29, 0.717) is 24.3 Å². The maximum atomic E-state index is 5.80. The van der Waals surface area contributed by atoms with Crippen LogP contribution in [-0.4, -0.2) is 41.2 Å². The van der Waals surface area contributed by atoms with Crippen molar-refractivity contribution >= 4 is 23.4 Å². The number of thioether (sulfide) groups is 1. The van der Waals surface area contributed by atoms with Crippen molar-refractivity contribution in [3.05, 3.63) is 11.9 Å². The first-order valence-electron chi connectivity index (χ1n) is 5.67. The molecule has 6 heteroatoms. The topological polar surface area (TPSA) is 64.3 Å². The van der Waals surface area contributed by atoms with E-state index in [-0.39, 0.29) is 0 Å². The van der Waals surface area contributed by atoms with Gasteiger partial charge < -0.3 is 15.4 Å². The maximum absolute atomic E-state index is 5.80. The first-order valence-corrected chi connectivity index (χ1v) is 6.83. The van der Waals surface area contributed by atoms with E-state index < -0.39 is 0 Å². The molecule has 2 heterocycles. The van der Waals surface area contributed by atoms with Gasteiger partial charge in [0.2, 0.25) is 0 Å². The molecule has 0 spiro atoms. The lowest BCUT2D eigenvalue weighted by molar-refractivity contribution is 0.178. The first kappa shape index (κ1) is 12.4. The molecule has 2 N–H and O–H groups in total. The smallest absolute Gasteiger partial charge is 0.158 e. The predicted octanol–water partition coefficient (Wildman–Crippen LogP) is 1.15. The van der Waals surface area contributed by atoms with Gasteiger partial charge >= 0.3 is 0 Å². The molecule has 5 nitrogen and oxygen atoms in total. The summed E-state index contributed by atoms with van der Waals surface area (Å²) in [4.78, 5) is 10.9. The third kappa shape index (κ3) is 3.01. The van der Waals surface area contributed by atoms with Gasteiger partial charge in [-0.3, -0.25) is 0 Å². The SMILES string of the molecule is COCc1nc(N)cc(N2CCSCC2C)n1. The Morgan fingerprint density at radius 2 is 2.41 bits per heavy atom. The Labute approximate surface area is 106 Å². The highest BCUT2D eigenvalue weighted by Crippen LogP contribution is 2.23. The standard InChI is InChI=1S/C11H18N4OS/c1-8-7-17-4-3-15(8)11-5-9(12)13-10(14-11)6-16-2/h5,8H,3-4,6-7H2,1-2H3,(H2,12,13,14). The second-order valence-corrected chi connectivity index (χ2v) is 5.27. The van der Waals surface area contributed by atoms with Crippen molar-refractivity contribution < 1.29 is 4.74 Å². The van der Waals surface area contributed by atoms with Gasteiger partial charge in [-0.25, -0.2) is 9.97 Å². The highest BCUT2D eigenvalue weighted by Gasteiger charge is 2.20. The lowest BCUT2D eigenvalue weighted by Crippen LogP contribution is -2.41. The molecule has 94 valence electrons. The third-order valence-corrected chi connectivity index (χ3v) is 3.90. The summed E-state index contributed by atoms with van der Waals surface area (Å²) in [6.07, 6.45) is 0. The van der Waals surface area contributed by atoms with Crippen LogP contribution in [0.15, 0.2) is 6.07 Å². The summed E-state index contributed by atoms with van der Waals surface area (Å²) >= 11 is 1.98. The number of nitrogens with two attached hydrogens (primary N) is 1. The molecule has 1 atom stereocenters. The Kier molecular flexibility index (Phi) is 4.06. The zero-order valence-corrected chi connectivity index (χ0v) is 11.0. The van der Waals surface area contributed by atoms with Gasteiger partial charge in [-0.05, 0) is 6.92 Å². The molecule has 2 rings (SSSR count). The van der Waals surface area contributed by atoms with Crippen LogP contribution in [0, 0.1) is 0 Å². The van der Waals surface area contributed by atoms with Crippen molar-refractivity contribution in [1.82, 2.24) is 9.97 Å². The molecule has 1 fully saturated rings. The molecule has 1 unspecified atom stereocenters.